The molecule has 0 spiro atoms. The Hall–Kier alpha value is -1.10. The van der Waals surface area contributed by atoms with Crippen molar-refractivity contribution in [2.45, 2.75) is 0 Å². The molecule has 0 aromatic heterocycles. The third-order valence-corrected chi connectivity index (χ3v) is 0. The Morgan fingerprint density at radius 3 is 0.727 bits per heavy atom. The van der Waals surface area contributed by atoms with Crippen molar-refractivity contribution < 1.29 is 52.5 Å². The van der Waals surface area contributed by atoms with Crippen molar-refractivity contribution in [3.05, 3.63) is 0 Å². The van der Waals surface area contributed by atoms with Gasteiger partial charge in [-0.05, 0) is 0 Å². The summed E-state index contributed by atoms with van der Waals surface area (Å²) in [4.78, 5) is 24.8. The predicted molar refractivity (Wildman–Crippen MR) is 21.8 cm³/mol. The van der Waals surface area contributed by atoms with E-state index in [0.717, 1.165) is 0 Å². The molecule has 0 aromatic carbocycles. The van der Waals surface area contributed by atoms with Gasteiger partial charge in [-0.1, -0.05) is 0 Å². The van der Waals surface area contributed by atoms with Crippen LogP contribution in [-0.4, -0.2) is 24.9 Å². The first-order valence-electron chi connectivity index (χ1n) is 1.41. The van der Waals surface area contributed by atoms with Gasteiger partial charge in [0.15, 0.2) is 0 Å². The largest absolute Gasteiger partial charge is 3.00 e. The summed E-state index contributed by atoms with van der Waals surface area (Å²) in [6, 6.07) is 0. The number of rotatable bonds is 0. The molecule has 0 aromatic rings. The first-order chi connectivity index (χ1) is 4.24. The number of hydrogen-bond acceptors (Lipinski definition) is 6. The van der Waals surface area contributed by atoms with Crippen molar-refractivity contribution in [3.8, 4) is 0 Å². The van der Waals surface area contributed by atoms with Crippen LogP contribution in [0, 0.1) is 0 Å². The average Bonchev–Trinajstić information content (AvgIpc) is 1.70. The maximum Gasteiger partial charge on any atom is 3.00 e. The molecule has 0 aliphatic heterocycles. The molecule has 0 rings (SSSR count). The molecule has 0 aliphatic rings. The van der Waals surface area contributed by atoms with Gasteiger partial charge >= 0.3 is 17.4 Å². The zero-order chi connectivity index (χ0) is 8.12. The van der Waals surface area contributed by atoms with Crippen LogP contribution in [0.3, 0.4) is 0 Å². The summed E-state index contributed by atoms with van der Waals surface area (Å²) in [5.41, 5.74) is 0. The van der Waals surface area contributed by atoms with Crippen molar-refractivity contribution in [1.82, 2.24) is 0 Å². The molecule has 65 valence electrons. The Bertz CT molecular complexity index is 50.4. The van der Waals surface area contributed by atoms with Gasteiger partial charge in [-0.25, -0.2) is 0 Å². The third-order valence-electron chi connectivity index (χ3n) is 0. The van der Waals surface area contributed by atoms with Gasteiger partial charge in [0.1, 0.15) is 0 Å². The first-order valence-corrected chi connectivity index (χ1v) is 1.41. The number of carbonyl (C=O) groups is 3. The molecule has 0 unspecified atom stereocenters. The number of carbonyl (C=O) groups excluding carboxylic acids is 3. The molecule has 0 bridgehead atoms. The fraction of sp³-hybridized carbons (Fsp3) is 0. The van der Waals surface area contributed by atoms with Crippen molar-refractivity contribution in [3.63, 3.8) is 0 Å². The molecular formula is C3H5CrO7. The second kappa shape index (κ2) is 154. The van der Waals surface area contributed by atoms with E-state index in [0.29, 0.717) is 0 Å². The summed E-state index contributed by atoms with van der Waals surface area (Å²) in [5, 5.41) is 24.8. The molecule has 0 atom stereocenters. The van der Waals surface area contributed by atoms with E-state index in [1.165, 1.54) is 0 Å². The Morgan fingerprint density at radius 2 is 0.727 bits per heavy atom. The molecule has 7 nitrogen and oxygen atoms in total. The molecule has 0 amide bonds. The van der Waals surface area contributed by atoms with E-state index in [9.17, 15) is 0 Å². The van der Waals surface area contributed by atoms with Gasteiger partial charge in [0.05, 0.1) is 0 Å². The second-order valence-electron chi connectivity index (χ2n) is 0.289. The van der Waals surface area contributed by atoms with E-state index >= 15 is 0 Å². The SMILES string of the molecule is O.O=C[O-].O=C[O-].O=C[O-].[Cr+3]. The Kier molecular flexibility index (Phi) is 456. The molecular weight excluding hydrogens is 200 g/mol. The summed E-state index contributed by atoms with van der Waals surface area (Å²) < 4.78 is 0. The summed E-state index contributed by atoms with van der Waals surface area (Å²) in [7, 11) is 0. The van der Waals surface area contributed by atoms with E-state index in [4.69, 9.17) is 29.7 Å². The van der Waals surface area contributed by atoms with E-state index in [1.54, 1.807) is 0 Å². The maximum absolute atomic E-state index is 8.25. The Balaban J connectivity index is -0.0000000150. The van der Waals surface area contributed by atoms with Gasteiger partial charge in [0.2, 0.25) is 0 Å². The third kappa shape index (κ3) is 352. The first kappa shape index (κ1) is 32.7. The molecule has 0 saturated carbocycles. The monoisotopic (exact) mass is 205 g/mol. The van der Waals surface area contributed by atoms with E-state index in [1.807, 2.05) is 0 Å². The van der Waals surface area contributed by atoms with Crippen LogP contribution in [0.25, 0.3) is 0 Å². The minimum atomic E-state index is -0.500. The molecule has 0 heterocycles. The van der Waals surface area contributed by atoms with Crippen LogP contribution in [-0.2, 0) is 31.7 Å². The predicted octanol–water partition coefficient (Wildman–Crippen LogP) is -5.73. The normalized spacial score (nSPS) is 3.27. The van der Waals surface area contributed by atoms with Gasteiger partial charge in [-0.2, -0.15) is 0 Å². The van der Waals surface area contributed by atoms with Gasteiger partial charge in [-0.15, -0.1) is 0 Å². The van der Waals surface area contributed by atoms with Crippen LogP contribution in [0.2, 0.25) is 0 Å². The maximum atomic E-state index is 8.25. The summed E-state index contributed by atoms with van der Waals surface area (Å²) in [6.07, 6.45) is 0. The van der Waals surface area contributed by atoms with Crippen LogP contribution in [0.15, 0.2) is 0 Å². The van der Waals surface area contributed by atoms with Crippen LogP contribution in [0.4, 0.5) is 0 Å². The fourth-order valence-electron chi connectivity index (χ4n) is 0. The molecule has 0 aliphatic carbocycles. The molecule has 2 N–H and O–H groups in total. The van der Waals surface area contributed by atoms with Crippen LogP contribution >= 0.6 is 0 Å². The molecule has 8 heteroatoms. The topological polar surface area (TPSA) is 152 Å². The van der Waals surface area contributed by atoms with E-state index in [-0.39, 0.29) is 22.8 Å². The minimum absolute atomic E-state index is 0. The number of hydrogen-bond donors (Lipinski definition) is 0. The minimum Gasteiger partial charge on any atom is -0.554 e. The Labute approximate surface area is 72.7 Å². The van der Waals surface area contributed by atoms with Crippen molar-refractivity contribution in [2.24, 2.45) is 0 Å². The second-order valence-corrected chi connectivity index (χ2v) is 0.289. The van der Waals surface area contributed by atoms with E-state index < -0.39 is 19.4 Å². The van der Waals surface area contributed by atoms with Gasteiger partial charge in [0.25, 0.3) is 0 Å². The van der Waals surface area contributed by atoms with Crippen molar-refractivity contribution in [1.29, 1.82) is 0 Å². The molecule has 1 radical (unpaired) electrons. The summed E-state index contributed by atoms with van der Waals surface area (Å²) in [5.74, 6) is 0. The van der Waals surface area contributed by atoms with Crippen LogP contribution in [0.1, 0.15) is 0 Å². The smallest absolute Gasteiger partial charge is 0.554 e. The van der Waals surface area contributed by atoms with E-state index in [2.05, 4.69) is 0 Å². The standard InChI is InChI=1S/3CH2O2.Cr.H2O/c3*2-1-3;;/h3*1H,(H,2,3);;1H2/q;;;+3;/p-3. The van der Waals surface area contributed by atoms with Gasteiger partial charge < -0.3 is 35.2 Å². The average molecular weight is 205 g/mol. The zero-order valence-corrected chi connectivity index (χ0v) is 6.36. The zero-order valence-electron chi connectivity index (χ0n) is 5.09. The molecule has 0 saturated heterocycles. The Morgan fingerprint density at radius 1 is 0.727 bits per heavy atom. The summed E-state index contributed by atoms with van der Waals surface area (Å²) >= 11 is 0. The quantitative estimate of drug-likeness (QED) is 0.359. The van der Waals surface area contributed by atoms with Gasteiger partial charge in [0, 0.05) is 19.4 Å². The molecule has 0 fully saturated rings. The van der Waals surface area contributed by atoms with Gasteiger partial charge in [-0.3, -0.25) is 0 Å². The van der Waals surface area contributed by atoms with Crippen LogP contribution < -0.4 is 15.3 Å². The van der Waals surface area contributed by atoms with Crippen molar-refractivity contribution >= 4 is 19.4 Å². The summed E-state index contributed by atoms with van der Waals surface area (Å²) in [6.45, 7) is -1.50. The fourth-order valence-corrected chi connectivity index (χ4v) is 0. The molecule has 11 heavy (non-hydrogen) atoms. The number of carboxylic acid groups (broad SMARTS) is 3. The van der Waals surface area contributed by atoms with Crippen LogP contribution in [0.5, 0.6) is 0 Å². The van der Waals surface area contributed by atoms with Crippen molar-refractivity contribution in [2.75, 3.05) is 0 Å².